The normalized spacial score (nSPS) is 25.0. The molecule has 1 aliphatic carbocycles. The maximum Gasteiger partial charge on any atom is 0.233 e. The largest absolute Gasteiger partial charge is 0.409 e. The van der Waals surface area contributed by atoms with Gasteiger partial charge in [-0.25, -0.2) is 0 Å². The fourth-order valence-electron chi connectivity index (χ4n) is 2.58. The molecule has 1 aliphatic rings. The van der Waals surface area contributed by atoms with Crippen LogP contribution in [0.1, 0.15) is 26.2 Å². The van der Waals surface area contributed by atoms with Crippen LogP contribution < -0.4 is 16.4 Å². The molecule has 5 N–H and O–H groups in total. The number of hydrogen-bond donors (Lipinski definition) is 4. The number of rotatable bonds is 8. The average molecular weight is 300 g/mol. The molecule has 1 saturated carbocycles. The lowest BCUT2D eigenvalue weighted by atomic mass is 9.61. The molecule has 0 aliphatic heterocycles. The van der Waals surface area contributed by atoms with Crippen LogP contribution in [0.2, 0.25) is 0 Å². The van der Waals surface area contributed by atoms with Gasteiger partial charge in [-0.15, -0.1) is 0 Å². The van der Waals surface area contributed by atoms with Crippen molar-refractivity contribution >= 4 is 17.6 Å². The summed E-state index contributed by atoms with van der Waals surface area (Å²) in [6, 6.07) is 0. The van der Waals surface area contributed by atoms with Gasteiger partial charge >= 0.3 is 0 Å². The Bertz CT molecular complexity index is 405. The number of hydrogen-bond acceptors (Lipinski definition) is 5. The highest BCUT2D eigenvalue weighted by molar-refractivity contribution is 6.07. The van der Waals surface area contributed by atoms with Gasteiger partial charge in [0.05, 0.1) is 6.61 Å². The maximum atomic E-state index is 12.2. The molecule has 0 saturated heterocycles. The Kier molecular flexibility index (Phi) is 6.41. The molecule has 21 heavy (non-hydrogen) atoms. The number of nitrogens with zero attached hydrogens (tertiary/aromatic N) is 1. The smallest absolute Gasteiger partial charge is 0.233 e. The monoisotopic (exact) mass is 300 g/mol. The fourth-order valence-corrected chi connectivity index (χ4v) is 2.58. The summed E-state index contributed by atoms with van der Waals surface area (Å²) in [7, 11) is 1.55. The molecule has 0 atom stereocenters. The van der Waals surface area contributed by atoms with Crippen molar-refractivity contribution in [1.29, 1.82) is 0 Å². The third kappa shape index (κ3) is 4.32. The molecule has 0 bridgehead atoms. The zero-order valence-corrected chi connectivity index (χ0v) is 12.5. The molecule has 0 radical (unpaired) electrons. The van der Waals surface area contributed by atoms with E-state index in [0.717, 1.165) is 0 Å². The lowest BCUT2D eigenvalue weighted by Gasteiger charge is -2.43. The summed E-state index contributed by atoms with van der Waals surface area (Å²) in [6.45, 7) is 3.10. The summed E-state index contributed by atoms with van der Waals surface area (Å²) in [5.41, 5.74) is 4.71. The minimum absolute atomic E-state index is 0.0670. The second-order valence-electron chi connectivity index (χ2n) is 5.43. The van der Waals surface area contributed by atoms with Gasteiger partial charge < -0.3 is 26.3 Å². The minimum atomic E-state index is -0.930. The number of carbonyl (C=O) groups is 2. The van der Waals surface area contributed by atoms with E-state index in [1.165, 1.54) is 0 Å². The van der Waals surface area contributed by atoms with Crippen LogP contribution in [0.25, 0.3) is 0 Å². The number of nitrogens with one attached hydrogen (secondary N) is 2. The van der Waals surface area contributed by atoms with Crippen LogP contribution in [0.4, 0.5) is 0 Å². The van der Waals surface area contributed by atoms with Crippen LogP contribution in [0.5, 0.6) is 0 Å². The number of amidine groups is 1. The standard InChI is InChI=1S/C13H24N4O4/c1-9-7-13(8-9,11(14)17-20)12(19)16-4-3-10(18)15-5-6-21-2/h9,20H,3-8H2,1-2H3,(H2,14,17)(H,15,18)(H,16,19). The van der Waals surface area contributed by atoms with Crippen molar-refractivity contribution < 1.29 is 19.5 Å². The van der Waals surface area contributed by atoms with E-state index in [1.54, 1.807) is 7.11 Å². The number of carbonyl (C=O) groups excluding carboxylic acids is 2. The van der Waals surface area contributed by atoms with E-state index in [4.69, 9.17) is 15.7 Å². The SMILES string of the molecule is COCCNC(=O)CCNC(=O)C1(C(N)=NO)CC(C)C1. The number of ether oxygens (including phenoxy) is 1. The van der Waals surface area contributed by atoms with Gasteiger partial charge in [0.15, 0.2) is 5.84 Å². The van der Waals surface area contributed by atoms with Gasteiger partial charge in [0.2, 0.25) is 11.8 Å². The predicted molar refractivity (Wildman–Crippen MR) is 76.8 cm³/mol. The Morgan fingerprint density at radius 3 is 2.57 bits per heavy atom. The Morgan fingerprint density at radius 2 is 2.05 bits per heavy atom. The summed E-state index contributed by atoms with van der Waals surface area (Å²) >= 11 is 0. The Labute approximate surface area is 124 Å². The van der Waals surface area contributed by atoms with Crippen LogP contribution in [-0.2, 0) is 14.3 Å². The molecule has 8 heteroatoms. The molecule has 0 aromatic heterocycles. The molecule has 0 aromatic rings. The molecule has 1 rings (SSSR count). The Morgan fingerprint density at radius 1 is 1.38 bits per heavy atom. The summed E-state index contributed by atoms with van der Waals surface area (Å²) < 4.78 is 4.82. The molecule has 0 aromatic carbocycles. The molecule has 0 unspecified atom stereocenters. The van der Waals surface area contributed by atoms with E-state index >= 15 is 0 Å². The van der Waals surface area contributed by atoms with Crippen molar-refractivity contribution in [2.24, 2.45) is 22.2 Å². The molecule has 0 spiro atoms. The lowest BCUT2D eigenvalue weighted by Crippen LogP contribution is -2.57. The molecule has 1 fully saturated rings. The third-order valence-corrected chi connectivity index (χ3v) is 3.69. The van der Waals surface area contributed by atoms with Crippen LogP contribution in [0, 0.1) is 11.3 Å². The second-order valence-corrected chi connectivity index (χ2v) is 5.43. The van der Waals surface area contributed by atoms with E-state index < -0.39 is 5.41 Å². The molecule has 2 amide bonds. The Hall–Kier alpha value is -1.83. The zero-order valence-electron chi connectivity index (χ0n) is 12.5. The molecular formula is C13H24N4O4. The van der Waals surface area contributed by atoms with E-state index in [1.807, 2.05) is 6.92 Å². The van der Waals surface area contributed by atoms with Crippen molar-refractivity contribution in [3.8, 4) is 0 Å². The molecule has 0 heterocycles. The van der Waals surface area contributed by atoms with Gasteiger partial charge in [-0.1, -0.05) is 12.1 Å². The van der Waals surface area contributed by atoms with Crippen molar-refractivity contribution in [2.45, 2.75) is 26.2 Å². The minimum Gasteiger partial charge on any atom is -0.409 e. The highest BCUT2D eigenvalue weighted by Gasteiger charge is 2.52. The van der Waals surface area contributed by atoms with Crippen molar-refractivity contribution in [2.75, 3.05) is 26.8 Å². The van der Waals surface area contributed by atoms with E-state index in [-0.39, 0.29) is 30.6 Å². The first-order chi connectivity index (χ1) is 9.96. The van der Waals surface area contributed by atoms with Crippen molar-refractivity contribution in [3.05, 3.63) is 0 Å². The molecular weight excluding hydrogens is 276 g/mol. The lowest BCUT2D eigenvalue weighted by molar-refractivity contribution is -0.133. The third-order valence-electron chi connectivity index (χ3n) is 3.69. The van der Waals surface area contributed by atoms with Gasteiger partial charge in [-0.2, -0.15) is 0 Å². The topological polar surface area (TPSA) is 126 Å². The van der Waals surface area contributed by atoms with Gasteiger partial charge in [0.25, 0.3) is 0 Å². The van der Waals surface area contributed by atoms with Gasteiger partial charge in [0, 0.05) is 26.6 Å². The summed E-state index contributed by atoms with van der Waals surface area (Å²) in [5.74, 6) is -0.163. The van der Waals surface area contributed by atoms with E-state index in [2.05, 4.69) is 15.8 Å². The van der Waals surface area contributed by atoms with Crippen LogP contribution in [-0.4, -0.2) is 49.7 Å². The zero-order chi connectivity index (χ0) is 15.9. The van der Waals surface area contributed by atoms with Crippen LogP contribution in [0.3, 0.4) is 0 Å². The fraction of sp³-hybridized carbons (Fsp3) is 0.769. The highest BCUT2D eigenvalue weighted by Crippen LogP contribution is 2.45. The Balaban J connectivity index is 2.37. The first-order valence-electron chi connectivity index (χ1n) is 6.98. The number of oxime groups is 1. The van der Waals surface area contributed by atoms with Gasteiger partial charge in [-0.05, 0) is 18.8 Å². The molecule has 120 valence electrons. The maximum absolute atomic E-state index is 12.2. The van der Waals surface area contributed by atoms with Gasteiger partial charge in [0.1, 0.15) is 5.41 Å². The van der Waals surface area contributed by atoms with Crippen molar-refractivity contribution in [1.82, 2.24) is 10.6 Å². The number of methoxy groups -OCH3 is 1. The van der Waals surface area contributed by atoms with E-state index in [9.17, 15) is 9.59 Å². The summed E-state index contributed by atoms with van der Waals surface area (Å²) in [4.78, 5) is 23.7. The first kappa shape index (κ1) is 17.2. The van der Waals surface area contributed by atoms with Crippen molar-refractivity contribution in [3.63, 3.8) is 0 Å². The highest BCUT2D eigenvalue weighted by atomic mass is 16.5. The first-order valence-corrected chi connectivity index (χ1v) is 6.98. The average Bonchev–Trinajstić information content (AvgIpc) is 2.42. The number of nitrogens with two attached hydrogens (primary N) is 1. The summed E-state index contributed by atoms with van der Waals surface area (Å²) in [6.07, 6.45) is 1.28. The number of amides is 2. The summed E-state index contributed by atoms with van der Waals surface area (Å²) in [5, 5.41) is 17.1. The second kappa shape index (κ2) is 7.82. The quantitative estimate of drug-likeness (QED) is 0.157. The predicted octanol–water partition coefficient (Wildman–Crippen LogP) is -0.582. The van der Waals surface area contributed by atoms with Crippen LogP contribution in [0.15, 0.2) is 5.16 Å². The van der Waals surface area contributed by atoms with Crippen LogP contribution >= 0.6 is 0 Å². The van der Waals surface area contributed by atoms with Gasteiger partial charge in [-0.3, -0.25) is 9.59 Å². The molecule has 8 nitrogen and oxygen atoms in total. The van der Waals surface area contributed by atoms with E-state index in [0.29, 0.717) is 31.9 Å².